The first kappa shape index (κ1) is 16.8. The molecule has 0 aromatic carbocycles. The first-order chi connectivity index (χ1) is 12.2. The zero-order valence-electron chi connectivity index (χ0n) is 14.1. The minimum Gasteiger partial charge on any atom is -0.351 e. The monoisotopic (exact) mass is 341 g/mol. The summed E-state index contributed by atoms with van der Waals surface area (Å²) in [6.07, 6.45) is 3.03. The Morgan fingerprint density at radius 2 is 2.16 bits per heavy atom. The fourth-order valence-corrected chi connectivity index (χ4v) is 2.16. The fourth-order valence-electron chi connectivity index (χ4n) is 2.16. The van der Waals surface area contributed by atoms with Crippen molar-refractivity contribution in [3.05, 3.63) is 47.7 Å². The van der Waals surface area contributed by atoms with E-state index in [-0.39, 0.29) is 17.6 Å². The number of carbonyl (C=O) groups excluding carboxylic acids is 1. The largest absolute Gasteiger partial charge is 0.351 e. The van der Waals surface area contributed by atoms with Crippen LogP contribution in [0.3, 0.4) is 0 Å². The third-order valence-corrected chi connectivity index (χ3v) is 3.86. The third kappa shape index (κ3) is 4.09. The van der Waals surface area contributed by atoms with Crippen molar-refractivity contribution in [1.29, 1.82) is 0 Å². The van der Waals surface area contributed by atoms with E-state index >= 15 is 0 Å². The van der Waals surface area contributed by atoms with Crippen molar-refractivity contribution in [2.45, 2.75) is 32.6 Å². The van der Waals surface area contributed by atoms with Crippen LogP contribution in [0.25, 0.3) is 11.6 Å². The number of nitrogens with one attached hydrogen (secondary N) is 1. The molecular formula is C17H19N5O3. The number of nitrogens with zero attached hydrogens (tertiary/aromatic N) is 4. The molecule has 8 heteroatoms. The van der Waals surface area contributed by atoms with Crippen LogP contribution in [0, 0.1) is 0 Å². The van der Waals surface area contributed by atoms with Gasteiger partial charge in [0.1, 0.15) is 5.69 Å². The lowest BCUT2D eigenvalue weighted by Crippen LogP contribution is -2.25. The first-order valence-electron chi connectivity index (χ1n) is 8.16. The standard InChI is InChI=1S/C17H19N5O3/c1-3-11(2)13-10-14(24-21-13)16(23)19-9-7-15-20-17(25-22-15)12-6-4-5-8-18-12/h4-6,8,10-11H,3,7,9H2,1-2H3,(H,19,23)/t11-/m0/s1. The summed E-state index contributed by atoms with van der Waals surface area (Å²) in [5, 5.41) is 10.6. The Morgan fingerprint density at radius 3 is 2.92 bits per heavy atom. The van der Waals surface area contributed by atoms with Gasteiger partial charge in [-0.15, -0.1) is 0 Å². The molecule has 0 saturated heterocycles. The summed E-state index contributed by atoms with van der Waals surface area (Å²) < 4.78 is 10.3. The predicted octanol–water partition coefficient (Wildman–Crippen LogP) is 2.61. The van der Waals surface area contributed by atoms with Crippen molar-refractivity contribution < 1.29 is 13.8 Å². The molecule has 8 nitrogen and oxygen atoms in total. The smallest absolute Gasteiger partial charge is 0.289 e. The lowest BCUT2D eigenvalue weighted by atomic mass is 10.1. The highest BCUT2D eigenvalue weighted by molar-refractivity contribution is 5.91. The fraction of sp³-hybridized carbons (Fsp3) is 0.353. The maximum absolute atomic E-state index is 12.1. The van der Waals surface area contributed by atoms with Gasteiger partial charge in [0.25, 0.3) is 11.8 Å². The van der Waals surface area contributed by atoms with Gasteiger partial charge in [-0.05, 0) is 18.6 Å². The normalized spacial score (nSPS) is 12.1. The molecule has 130 valence electrons. The van der Waals surface area contributed by atoms with Gasteiger partial charge in [-0.3, -0.25) is 9.78 Å². The summed E-state index contributed by atoms with van der Waals surface area (Å²) in [5.41, 5.74) is 1.40. The van der Waals surface area contributed by atoms with Crippen molar-refractivity contribution in [2.75, 3.05) is 6.54 Å². The van der Waals surface area contributed by atoms with Crippen LogP contribution in [0.2, 0.25) is 0 Å². The minimum atomic E-state index is -0.310. The summed E-state index contributed by atoms with van der Waals surface area (Å²) in [6, 6.07) is 7.12. The second kappa shape index (κ2) is 7.69. The van der Waals surface area contributed by atoms with Crippen molar-refractivity contribution >= 4 is 5.91 Å². The van der Waals surface area contributed by atoms with Gasteiger partial charge in [0.15, 0.2) is 5.82 Å². The second-order valence-corrected chi connectivity index (χ2v) is 5.66. The molecule has 3 aromatic heterocycles. The van der Waals surface area contributed by atoms with E-state index in [9.17, 15) is 4.79 Å². The molecule has 1 amide bonds. The molecular weight excluding hydrogens is 322 g/mol. The zero-order chi connectivity index (χ0) is 17.6. The van der Waals surface area contributed by atoms with Crippen LogP contribution in [0.1, 0.15) is 48.3 Å². The summed E-state index contributed by atoms with van der Waals surface area (Å²) in [5.74, 6) is 1.01. The number of pyridine rings is 1. The summed E-state index contributed by atoms with van der Waals surface area (Å²) in [4.78, 5) is 20.5. The Kier molecular flexibility index (Phi) is 5.17. The number of amides is 1. The number of hydrogen-bond donors (Lipinski definition) is 1. The molecule has 0 saturated carbocycles. The van der Waals surface area contributed by atoms with Gasteiger partial charge in [0.2, 0.25) is 5.76 Å². The van der Waals surface area contributed by atoms with E-state index in [4.69, 9.17) is 9.05 Å². The van der Waals surface area contributed by atoms with Gasteiger partial charge in [-0.25, -0.2) is 0 Å². The Labute approximate surface area is 144 Å². The van der Waals surface area contributed by atoms with E-state index in [0.717, 1.165) is 12.1 Å². The van der Waals surface area contributed by atoms with E-state index < -0.39 is 0 Å². The summed E-state index contributed by atoms with van der Waals surface area (Å²) >= 11 is 0. The van der Waals surface area contributed by atoms with Crippen molar-refractivity contribution in [3.63, 3.8) is 0 Å². The molecule has 3 rings (SSSR count). The van der Waals surface area contributed by atoms with Crippen LogP contribution >= 0.6 is 0 Å². The summed E-state index contributed by atoms with van der Waals surface area (Å²) in [6.45, 7) is 4.46. The van der Waals surface area contributed by atoms with Crippen LogP contribution < -0.4 is 5.32 Å². The van der Waals surface area contributed by atoms with Crippen LogP contribution in [-0.2, 0) is 6.42 Å². The molecule has 0 bridgehead atoms. The molecule has 0 fully saturated rings. The second-order valence-electron chi connectivity index (χ2n) is 5.66. The van der Waals surface area contributed by atoms with Crippen molar-refractivity contribution in [2.24, 2.45) is 0 Å². The maximum Gasteiger partial charge on any atom is 0.289 e. The zero-order valence-corrected chi connectivity index (χ0v) is 14.1. The number of aromatic nitrogens is 4. The Morgan fingerprint density at radius 1 is 1.28 bits per heavy atom. The molecule has 3 aromatic rings. The van der Waals surface area contributed by atoms with Gasteiger partial charge in [0.05, 0.1) is 5.69 Å². The minimum absolute atomic E-state index is 0.206. The Bertz CT molecular complexity index is 828. The maximum atomic E-state index is 12.1. The topological polar surface area (TPSA) is 107 Å². The SMILES string of the molecule is CC[C@H](C)c1cc(C(=O)NCCc2noc(-c3ccccn3)n2)on1. The lowest BCUT2D eigenvalue weighted by molar-refractivity contribution is 0.0917. The van der Waals surface area contributed by atoms with Crippen LogP contribution in [-0.4, -0.2) is 32.7 Å². The molecule has 0 aliphatic rings. The summed E-state index contributed by atoms with van der Waals surface area (Å²) in [7, 11) is 0. The van der Waals surface area contributed by atoms with E-state index in [2.05, 4.69) is 32.5 Å². The molecule has 3 heterocycles. The van der Waals surface area contributed by atoms with Gasteiger partial charge in [-0.2, -0.15) is 4.98 Å². The highest BCUT2D eigenvalue weighted by Gasteiger charge is 2.16. The number of hydrogen-bond acceptors (Lipinski definition) is 7. The molecule has 0 aliphatic carbocycles. The number of carbonyl (C=O) groups is 1. The average molecular weight is 341 g/mol. The highest BCUT2D eigenvalue weighted by atomic mass is 16.5. The van der Waals surface area contributed by atoms with Gasteiger partial charge >= 0.3 is 0 Å². The van der Waals surface area contributed by atoms with Crippen molar-refractivity contribution in [1.82, 2.24) is 25.6 Å². The van der Waals surface area contributed by atoms with E-state index in [1.54, 1.807) is 18.3 Å². The van der Waals surface area contributed by atoms with Gasteiger partial charge in [0, 0.05) is 31.1 Å². The molecule has 0 spiro atoms. The van der Waals surface area contributed by atoms with Crippen molar-refractivity contribution in [3.8, 4) is 11.6 Å². The molecule has 0 radical (unpaired) electrons. The number of rotatable bonds is 7. The lowest BCUT2D eigenvalue weighted by Gasteiger charge is -2.00. The third-order valence-electron chi connectivity index (χ3n) is 3.86. The Hall–Kier alpha value is -3.03. The Balaban J connectivity index is 1.52. The molecule has 1 N–H and O–H groups in total. The van der Waals surface area contributed by atoms with Gasteiger partial charge in [-0.1, -0.05) is 30.2 Å². The quantitative estimate of drug-likeness (QED) is 0.704. The van der Waals surface area contributed by atoms with Gasteiger partial charge < -0.3 is 14.4 Å². The van der Waals surface area contributed by atoms with Crippen LogP contribution in [0.15, 0.2) is 39.5 Å². The van der Waals surface area contributed by atoms with E-state index in [0.29, 0.717) is 30.4 Å². The van der Waals surface area contributed by atoms with E-state index in [1.165, 1.54) is 0 Å². The highest BCUT2D eigenvalue weighted by Crippen LogP contribution is 2.18. The van der Waals surface area contributed by atoms with Crippen LogP contribution in [0.5, 0.6) is 0 Å². The van der Waals surface area contributed by atoms with Crippen LogP contribution in [0.4, 0.5) is 0 Å². The molecule has 25 heavy (non-hydrogen) atoms. The molecule has 0 aliphatic heterocycles. The molecule has 0 unspecified atom stereocenters. The van der Waals surface area contributed by atoms with E-state index in [1.807, 2.05) is 19.1 Å². The average Bonchev–Trinajstić information content (AvgIpc) is 3.31. The first-order valence-corrected chi connectivity index (χ1v) is 8.16. The predicted molar refractivity (Wildman–Crippen MR) is 88.8 cm³/mol. The molecule has 1 atom stereocenters.